The summed E-state index contributed by atoms with van der Waals surface area (Å²) in [5.41, 5.74) is 9.19. The van der Waals surface area contributed by atoms with Crippen molar-refractivity contribution >= 4 is 51.1 Å². The number of aryl methyl sites for hydroxylation is 1. The molecule has 7 N–H and O–H groups in total. The molecule has 2 heterocycles. The summed E-state index contributed by atoms with van der Waals surface area (Å²) in [5, 5.41) is 21.7. The predicted octanol–water partition coefficient (Wildman–Crippen LogP) is 2.11. The number of thiophene rings is 1. The smallest absolute Gasteiger partial charge is 0.404 e. The summed E-state index contributed by atoms with van der Waals surface area (Å²) in [6, 6.07) is 3.50. The van der Waals surface area contributed by atoms with Gasteiger partial charge in [0.25, 0.3) is 0 Å². The molecule has 10 heteroatoms. The fourth-order valence-corrected chi connectivity index (χ4v) is 5.10. The van der Waals surface area contributed by atoms with Crippen molar-refractivity contribution in [3.05, 3.63) is 34.5 Å². The Morgan fingerprint density at radius 3 is 2.94 bits per heavy atom. The lowest BCUT2D eigenvalue weighted by atomic mass is 9.93. The van der Waals surface area contributed by atoms with Gasteiger partial charge < -0.3 is 26.2 Å². The summed E-state index contributed by atoms with van der Waals surface area (Å²) < 4.78 is 5.95. The molecule has 1 aromatic carbocycles. The molecule has 0 fully saturated rings. The number of hydrogen-bond donors (Lipinski definition) is 5. The van der Waals surface area contributed by atoms with Gasteiger partial charge in [-0.3, -0.25) is 5.41 Å². The van der Waals surface area contributed by atoms with Gasteiger partial charge in [-0.25, -0.2) is 14.8 Å². The number of benzene rings is 1. The van der Waals surface area contributed by atoms with Gasteiger partial charge in [-0.2, -0.15) is 0 Å². The van der Waals surface area contributed by atoms with Crippen molar-refractivity contribution in [1.29, 1.82) is 0 Å². The van der Waals surface area contributed by atoms with E-state index in [1.54, 1.807) is 17.4 Å². The summed E-state index contributed by atoms with van der Waals surface area (Å²) in [7, 11) is 0. The molecule has 0 spiro atoms. The van der Waals surface area contributed by atoms with Crippen LogP contribution in [0.2, 0.25) is 0 Å². The third-order valence-corrected chi connectivity index (χ3v) is 6.32. The largest absolute Gasteiger partial charge is 0.489 e. The molecule has 0 saturated carbocycles. The van der Waals surface area contributed by atoms with Gasteiger partial charge in [0, 0.05) is 29.1 Å². The topological polar surface area (TPSA) is 148 Å². The van der Waals surface area contributed by atoms with Crippen molar-refractivity contribution in [1.82, 2.24) is 15.3 Å². The molecule has 1 aliphatic carbocycles. The van der Waals surface area contributed by atoms with Crippen LogP contribution in [0, 0.1) is 0 Å². The van der Waals surface area contributed by atoms with E-state index in [2.05, 4.69) is 20.6 Å². The Morgan fingerprint density at radius 2 is 2.23 bits per heavy atom. The lowest BCUT2D eigenvalue weighted by molar-refractivity contribution is -0.104. The Bertz CT molecular complexity index is 1160. The van der Waals surface area contributed by atoms with Gasteiger partial charge in [-0.1, -0.05) is 0 Å². The van der Waals surface area contributed by atoms with E-state index in [0.29, 0.717) is 34.9 Å². The Morgan fingerprint density at radius 1 is 1.42 bits per heavy atom. The van der Waals surface area contributed by atoms with E-state index in [-0.39, 0.29) is 12.1 Å². The number of carboxylic acid groups (broad SMARTS) is 1. The van der Waals surface area contributed by atoms with Crippen LogP contribution in [0.3, 0.4) is 0 Å². The van der Waals surface area contributed by atoms with Gasteiger partial charge in [0.2, 0.25) is 0 Å². The molecule has 0 aliphatic heterocycles. The second-order valence-corrected chi connectivity index (χ2v) is 8.81. The summed E-state index contributed by atoms with van der Waals surface area (Å²) in [5.74, 6) is 1.29. The van der Waals surface area contributed by atoms with E-state index in [1.165, 1.54) is 18.1 Å². The maximum absolute atomic E-state index is 11.0. The summed E-state index contributed by atoms with van der Waals surface area (Å²) in [6.45, 7) is 3.89. The van der Waals surface area contributed by atoms with E-state index in [1.807, 2.05) is 19.9 Å². The highest BCUT2D eigenvalue weighted by molar-refractivity contribution is 7.19. The maximum Gasteiger partial charge on any atom is 0.404 e. The van der Waals surface area contributed by atoms with E-state index in [4.69, 9.17) is 21.0 Å². The summed E-state index contributed by atoms with van der Waals surface area (Å²) in [4.78, 5) is 22.0. The quantitative estimate of drug-likeness (QED) is 0.291. The Hall–Kier alpha value is -3.40. The Labute approximate surface area is 183 Å². The maximum atomic E-state index is 11.0. The van der Waals surface area contributed by atoms with Gasteiger partial charge in [0.1, 0.15) is 22.7 Å². The fraction of sp³-hybridized carbons (Fsp3) is 0.333. The molecule has 1 atom stereocenters. The molecule has 3 aromatic rings. The number of hydrogen-bond acceptors (Lipinski definition) is 7. The molecular weight excluding hydrogens is 416 g/mol. The van der Waals surface area contributed by atoms with Gasteiger partial charge in [-0.15, -0.1) is 11.3 Å². The van der Waals surface area contributed by atoms with Crippen molar-refractivity contribution in [3.8, 4) is 5.75 Å². The highest BCUT2D eigenvalue weighted by Crippen LogP contribution is 2.40. The number of carbonyl (C=O) groups is 1. The lowest BCUT2D eigenvalue weighted by Gasteiger charge is -2.22. The molecule has 4 rings (SSSR count). The molecule has 0 saturated heterocycles. The number of amides is 1. The van der Waals surface area contributed by atoms with E-state index in [9.17, 15) is 4.79 Å². The predicted molar refractivity (Wildman–Crippen MR) is 121 cm³/mol. The number of nitrogens with zero attached hydrogens (tertiary/aromatic N) is 2. The van der Waals surface area contributed by atoms with Crippen LogP contribution >= 0.6 is 11.3 Å². The van der Waals surface area contributed by atoms with E-state index >= 15 is 0 Å². The van der Waals surface area contributed by atoms with E-state index in [0.717, 1.165) is 27.9 Å². The number of rotatable bonds is 6. The molecule has 0 bridgehead atoms. The average molecular weight is 442 g/mol. The van der Waals surface area contributed by atoms with Crippen LogP contribution < -0.4 is 26.5 Å². The van der Waals surface area contributed by atoms with E-state index < -0.39 is 6.09 Å². The van der Waals surface area contributed by atoms with Gasteiger partial charge in [-0.05, 0) is 38.3 Å². The fourth-order valence-electron chi connectivity index (χ4n) is 3.84. The molecular formula is C21H25N6O3S+. The minimum absolute atomic E-state index is 0.0364. The third-order valence-electron chi connectivity index (χ3n) is 5.15. The van der Waals surface area contributed by atoms with Crippen molar-refractivity contribution in [2.24, 2.45) is 0 Å². The normalized spacial score (nSPS) is 15.5. The summed E-state index contributed by atoms with van der Waals surface area (Å²) in [6.07, 6.45) is 4.08. The second-order valence-electron chi connectivity index (χ2n) is 7.73. The highest BCUT2D eigenvalue weighted by atomic mass is 32.1. The van der Waals surface area contributed by atoms with Crippen LogP contribution in [0.5, 0.6) is 5.75 Å². The minimum atomic E-state index is -0.995. The van der Waals surface area contributed by atoms with Crippen LogP contribution in [0.4, 0.5) is 22.0 Å². The third kappa shape index (κ3) is 4.24. The molecule has 1 unspecified atom stereocenters. The zero-order valence-corrected chi connectivity index (χ0v) is 18.1. The first-order valence-electron chi connectivity index (χ1n) is 10.0. The zero-order valence-electron chi connectivity index (χ0n) is 17.3. The monoisotopic (exact) mass is 441 g/mol. The van der Waals surface area contributed by atoms with Crippen molar-refractivity contribution < 1.29 is 20.0 Å². The molecule has 162 valence electrons. The van der Waals surface area contributed by atoms with Crippen LogP contribution in [-0.4, -0.2) is 39.5 Å². The van der Waals surface area contributed by atoms with Crippen LogP contribution in [0.15, 0.2) is 18.5 Å². The molecule has 31 heavy (non-hydrogen) atoms. The van der Waals surface area contributed by atoms with Crippen molar-refractivity contribution in [3.63, 3.8) is 0 Å². The van der Waals surface area contributed by atoms with Crippen LogP contribution in [0.1, 0.15) is 36.3 Å². The van der Waals surface area contributed by atoms with Crippen LogP contribution in [-0.2, 0) is 12.8 Å². The van der Waals surface area contributed by atoms with Gasteiger partial charge in [0.05, 0.1) is 22.7 Å². The van der Waals surface area contributed by atoms with Crippen molar-refractivity contribution in [2.45, 2.75) is 45.3 Å². The number of nitrogens with two attached hydrogens (primary N) is 2. The number of nitrogen functional groups attached to an aromatic ring is 1. The van der Waals surface area contributed by atoms with Gasteiger partial charge in [0.15, 0.2) is 6.21 Å². The van der Waals surface area contributed by atoms with Gasteiger partial charge >= 0.3 is 6.09 Å². The molecule has 9 nitrogen and oxygen atoms in total. The SMILES string of the molecule is CC(C)Oc1cc(N)c(C=[NH2+])cc1Nc1ncnc2sc3c(c12)CCC(NC(=O)O)C3. The standard InChI is InChI=1S/C21H24N6O3S/c1-10(2)30-16-7-14(23)11(8-22)5-15(16)27-19-18-13-4-3-12(26-21(28)29)6-17(13)31-20(18)25-9-24-19/h5,7-10,12,22,26H,3-4,6,23H2,1-2H3,(H,28,29)(H,24,25,27)/p+1. The Balaban J connectivity index is 1.74. The second kappa shape index (κ2) is 8.38. The number of ether oxygens (including phenoxy) is 1. The first kappa shape index (κ1) is 20.9. The molecule has 2 aromatic heterocycles. The number of aromatic nitrogens is 2. The molecule has 1 aliphatic rings. The number of nitrogens with one attached hydrogen (secondary N) is 2. The first-order valence-corrected chi connectivity index (χ1v) is 10.8. The number of anilines is 3. The van der Waals surface area contributed by atoms with Crippen LogP contribution in [0.25, 0.3) is 10.2 Å². The molecule has 0 radical (unpaired) electrons. The lowest BCUT2D eigenvalue weighted by Crippen LogP contribution is -2.37. The zero-order chi connectivity index (χ0) is 22.1. The average Bonchev–Trinajstić information content (AvgIpc) is 3.07. The van der Waals surface area contributed by atoms with Crippen molar-refractivity contribution in [2.75, 3.05) is 11.1 Å². The minimum Gasteiger partial charge on any atom is -0.489 e. The Kier molecular flexibility index (Phi) is 5.64. The summed E-state index contributed by atoms with van der Waals surface area (Å²) >= 11 is 1.58. The molecule has 1 amide bonds. The highest BCUT2D eigenvalue weighted by Gasteiger charge is 2.26. The number of fused-ring (bicyclic) bond motifs is 3. The first-order chi connectivity index (χ1) is 14.9.